The van der Waals surface area contributed by atoms with Gasteiger partial charge in [0.1, 0.15) is 0 Å². The Balaban J connectivity index is 1.72. The molecule has 1 N–H and O–H groups in total. The van der Waals surface area contributed by atoms with Crippen molar-refractivity contribution in [1.29, 1.82) is 0 Å². The van der Waals surface area contributed by atoms with E-state index in [2.05, 4.69) is 5.10 Å². The summed E-state index contributed by atoms with van der Waals surface area (Å²) in [4.78, 5) is 13.2. The molecule has 0 bridgehead atoms. The number of hydrogen-bond acceptors (Lipinski definition) is 4. The SMILES string of the molecule is O=C1SC(c2ccccc2)=CC2(O)CC(c3ccccc3)=NN12. The predicted molar refractivity (Wildman–Crippen MR) is 91.8 cm³/mol. The number of hydrogen-bond donors (Lipinski definition) is 1. The van der Waals surface area contributed by atoms with Crippen LogP contribution in [0.4, 0.5) is 4.79 Å². The first-order valence-corrected chi connectivity index (χ1v) is 8.13. The average Bonchev–Trinajstić information content (AvgIpc) is 2.95. The van der Waals surface area contributed by atoms with Gasteiger partial charge in [-0.25, -0.2) is 0 Å². The summed E-state index contributed by atoms with van der Waals surface area (Å²) in [7, 11) is 0. The molecule has 0 saturated heterocycles. The third-order valence-electron chi connectivity index (χ3n) is 3.91. The van der Waals surface area contributed by atoms with Crippen molar-refractivity contribution in [3.63, 3.8) is 0 Å². The zero-order chi connectivity index (χ0) is 15.9. The van der Waals surface area contributed by atoms with Crippen LogP contribution in [0.5, 0.6) is 0 Å². The van der Waals surface area contributed by atoms with Crippen molar-refractivity contribution in [1.82, 2.24) is 5.01 Å². The Morgan fingerprint density at radius 1 is 1.00 bits per heavy atom. The van der Waals surface area contributed by atoms with Crippen LogP contribution in [0.2, 0.25) is 0 Å². The molecule has 0 fully saturated rings. The van der Waals surface area contributed by atoms with Gasteiger partial charge in [-0.2, -0.15) is 10.1 Å². The molecule has 2 aromatic carbocycles. The van der Waals surface area contributed by atoms with Crippen molar-refractivity contribution >= 4 is 27.6 Å². The molecule has 2 aliphatic heterocycles. The number of fused-ring (bicyclic) bond motifs is 1. The minimum absolute atomic E-state index is 0.264. The van der Waals surface area contributed by atoms with E-state index >= 15 is 0 Å². The summed E-state index contributed by atoms with van der Waals surface area (Å²) in [6, 6.07) is 19.2. The van der Waals surface area contributed by atoms with Crippen LogP contribution in [-0.2, 0) is 0 Å². The van der Waals surface area contributed by atoms with Gasteiger partial charge in [-0.05, 0) is 29.0 Å². The summed E-state index contributed by atoms with van der Waals surface area (Å²) in [5, 5.41) is 16.2. The second-order valence-electron chi connectivity index (χ2n) is 5.52. The lowest BCUT2D eigenvalue weighted by molar-refractivity contribution is -0.0138. The highest BCUT2D eigenvalue weighted by molar-refractivity contribution is 8.21. The fourth-order valence-corrected chi connectivity index (χ4v) is 3.76. The van der Waals surface area contributed by atoms with Crippen molar-refractivity contribution in [2.24, 2.45) is 5.10 Å². The normalized spacial score (nSPS) is 23.3. The van der Waals surface area contributed by atoms with Gasteiger partial charge in [-0.15, -0.1) is 0 Å². The second kappa shape index (κ2) is 5.37. The van der Waals surface area contributed by atoms with E-state index in [-0.39, 0.29) is 5.24 Å². The van der Waals surface area contributed by atoms with Gasteiger partial charge >= 0.3 is 5.24 Å². The van der Waals surface area contributed by atoms with Crippen LogP contribution in [0.15, 0.2) is 71.8 Å². The van der Waals surface area contributed by atoms with E-state index in [9.17, 15) is 9.90 Å². The minimum Gasteiger partial charge on any atom is -0.365 e. The van der Waals surface area contributed by atoms with Crippen molar-refractivity contribution in [3.8, 4) is 0 Å². The van der Waals surface area contributed by atoms with E-state index < -0.39 is 5.72 Å². The third-order valence-corrected chi connectivity index (χ3v) is 4.83. The molecule has 1 atom stereocenters. The van der Waals surface area contributed by atoms with Gasteiger partial charge in [0.25, 0.3) is 0 Å². The van der Waals surface area contributed by atoms with E-state index in [1.807, 2.05) is 60.7 Å². The fourth-order valence-electron chi connectivity index (χ4n) is 2.79. The average molecular weight is 322 g/mol. The molecule has 0 aliphatic carbocycles. The molecule has 2 heterocycles. The quantitative estimate of drug-likeness (QED) is 0.917. The molecule has 114 valence electrons. The number of benzene rings is 2. The molecule has 5 heteroatoms. The van der Waals surface area contributed by atoms with Gasteiger partial charge in [0.05, 0.1) is 5.71 Å². The number of aliphatic hydroxyl groups is 1. The molecule has 23 heavy (non-hydrogen) atoms. The molecule has 0 spiro atoms. The molecule has 0 radical (unpaired) electrons. The zero-order valence-corrected chi connectivity index (χ0v) is 13.0. The highest BCUT2D eigenvalue weighted by Gasteiger charge is 2.46. The Morgan fingerprint density at radius 2 is 1.61 bits per heavy atom. The maximum absolute atomic E-state index is 12.4. The Bertz CT molecular complexity index is 817. The number of carbonyl (C=O) groups is 1. The van der Waals surface area contributed by atoms with Gasteiger partial charge in [-0.1, -0.05) is 60.7 Å². The first-order valence-electron chi connectivity index (χ1n) is 7.31. The van der Waals surface area contributed by atoms with Crippen molar-refractivity contribution in [2.75, 3.05) is 0 Å². The second-order valence-corrected chi connectivity index (χ2v) is 6.52. The topological polar surface area (TPSA) is 52.9 Å². The van der Waals surface area contributed by atoms with Gasteiger partial charge < -0.3 is 5.11 Å². The molecular weight excluding hydrogens is 308 g/mol. The minimum atomic E-state index is -1.39. The van der Waals surface area contributed by atoms with Crippen LogP contribution in [0.1, 0.15) is 17.5 Å². The van der Waals surface area contributed by atoms with Crippen LogP contribution < -0.4 is 0 Å². The number of nitrogens with zero attached hydrogens (tertiary/aromatic N) is 2. The van der Waals surface area contributed by atoms with Crippen LogP contribution in [0.3, 0.4) is 0 Å². The summed E-state index contributed by atoms with van der Waals surface area (Å²) >= 11 is 1.09. The van der Waals surface area contributed by atoms with Crippen LogP contribution >= 0.6 is 11.8 Å². The molecular formula is C18H14N2O2S. The number of amides is 1. The number of carbonyl (C=O) groups excluding carboxylic acids is 1. The van der Waals surface area contributed by atoms with Gasteiger partial charge in [0, 0.05) is 11.3 Å². The number of hydrazone groups is 1. The largest absolute Gasteiger partial charge is 0.365 e. The van der Waals surface area contributed by atoms with Crippen molar-refractivity contribution < 1.29 is 9.90 Å². The molecule has 1 amide bonds. The van der Waals surface area contributed by atoms with E-state index in [1.165, 1.54) is 5.01 Å². The van der Waals surface area contributed by atoms with E-state index in [4.69, 9.17) is 0 Å². The Labute approximate surface area is 138 Å². The van der Waals surface area contributed by atoms with Gasteiger partial charge in [0.2, 0.25) is 0 Å². The highest BCUT2D eigenvalue weighted by atomic mass is 32.2. The monoisotopic (exact) mass is 322 g/mol. The van der Waals surface area contributed by atoms with E-state index in [1.54, 1.807) is 6.08 Å². The van der Waals surface area contributed by atoms with Gasteiger partial charge in [0.15, 0.2) is 5.72 Å². The molecule has 4 nitrogen and oxygen atoms in total. The summed E-state index contributed by atoms with van der Waals surface area (Å²) in [5.74, 6) is 0. The molecule has 2 aromatic rings. The van der Waals surface area contributed by atoms with Crippen LogP contribution in [0, 0.1) is 0 Å². The van der Waals surface area contributed by atoms with Gasteiger partial charge in [-0.3, -0.25) is 4.79 Å². The molecule has 1 unspecified atom stereocenters. The molecule has 4 rings (SSSR count). The fraction of sp³-hybridized carbons (Fsp3) is 0.111. The predicted octanol–water partition coefficient (Wildman–Crippen LogP) is 3.69. The first kappa shape index (κ1) is 14.2. The number of thioether (sulfide) groups is 1. The Morgan fingerprint density at radius 3 is 2.26 bits per heavy atom. The van der Waals surface area contributed by atoms with Crippen molar-refractivity contribution in [2.45, 2.75) is 12.1 Å². The molecule has 0 aromatic heterocycles. The molecule has 0 saturated carbocycles. The standard InChI is InChI=1S/C18H14N2O2S/c21-17-20-18(22,11-15(19-20)13-7-3-1-4-8-13)12-16(23-17)14-9-5-2-6-10-14/h1-10,12,22H,11H2. The van der Waals surface area contributed by atoms with Crippen LogP contribution in [0.25, 0.3) is 4.91 Å². The molecule has 2 aliphatic rings. The lowest BCUT2D eigenvalue weighted by Crippen LogP contribution is -2.45. The number of rotatable bonds is 2. The zero-order valence-electron chi connectivity index (χ0n) is 12.2. The lowest BCUT2D eigenvalue weighted by atomic mass is 10.00. The van der Waals surface area contributed by atoms with E-state index in [0.717, 1.165) is 27.8 Å². The Hall–Kier alpha value is -2.37. The summed E-state index contributed by atoms with van der Waals surface area (Å²) in [5.41, 5.74) is 1.17. The lowest BCUT2D eigenvalue weighted by Gasteiger charge is -2.32. The van der Waals surface area contributed by atoms with Crippen molar-refractivity contribution in [3.05, 3.63) is 77.9 Å². The van der Waals surface area contributed by atoms with Crippen LogP contribution in [-0.4, -0.2) is 26.8 Å². The van der Waals surface area contributed by atoms with E-state index in [0.29, 0.717) is 12.1 Å². The third kappa shape index (κ3) is 2.48. The summed E-state index contributed by atoms with van der Waals surface area (Å²) in [6.45, 7) is 0. The maximum atomic E-state index is 12.4. The Kier molecular flexibility index (Phi) is 3.32. The smallest absolute Gasteiger partial charge is 0.309 e. The maximum Gasteiger partial charge on any atom is 0.309 e. The summed E-state index contributed by atoms with van der Waals surface area (Å²) in [6.07, 6.45) is 2.02. The summed E-state index contributed by atoms with van der Waals surface area (Å²) < 4.78 is 0. The highest BCUT2D eigenvalue weighted by Crippen LogP contribution is 2.43. The first-order chi connectivity index (χ1) is 11.2.